The molecular weight excluding hydrogens is 443 g/mol. The van der Waals surface area contributed by atoms with Crippen molar-refractivity contribution in [1.82, 2.24) is 5.32 Å². The Morgan fingerprint density at radius 3 is 2.31 bits per heavy atom. The zero-order valence-electron chi connectivity index (χ0n) is 20.0. The van der Waals surface area contributed by atoms with Gasteiger partial charge in [-0.15, -0.1) is 0 Å². The van der Waals surface area contributed by atoms with Gasteiger partial charge in [0.05, 0.1) is 24.6 Å². The van der Waals surface area contributed by atoms with Crippen LogP contribution in [0.2, 0.25) is 0 Å². The van der Waals surface area contributed by atoms with E-state index in [9.17, 15) is 14.0 Å². The molecule has 35 heavy (non-hydrogen) atoms. The number of amides is 1. The first-order valence-corrected chi connectivity index (χ1v) is 12.2. The molecule has 1 aliphatic heterocycles. The van der Waals surface area contributed by atoms with Gasteiger partial charge >= 0.3 is 5.97 Å². The van der Waals surface area contributed by atoms with Crippen molar-refractivity contribution >= 4 is 17.6 Å². The molecule has 4 rings (SSSR count). The van der Waals surface area contributed by atoms with Crippen LogP contribution in [-0.2, 0) is 16.0 Å². The third-order valence-electron chi connectivity index (χ3n) is 6.28. The number of benzene rings is 3. The molecule has 0 aromatic heterocycles. The zero-order valence-corrected chi connectivity index (χ0v) is 20.0. The molecule has 6 heteroatoms. The van der Waals surface area contributed by atoms with Crippen LogP contribution in [-0.4, -0.2) is 31.6 Å². The molecular formula is C29H31FN2O3. The van der Waals surface area contributed by atoms with Crippen molar-refractivity contribution in [2.45, 2.75) is 38.6 Å². The van der Waals surface area contributed by atoms with Gasteiger partial charge in [0.2, 0.25) is 5.91 Å². The number of nitrogens with zero attached hydrogens (tertiary/aromatic N) is 1. The minimum absolute atomic E-state index is 0.156. The van der Waals surface area contributed by atoms with E-state index in [1.165, 1.54) is 18.6 Å². The van der Waals surface area contributed by atoms with Crippen LogP contribution < -0.4 is 10.2 Å². The number of hydrogen-bond acceptors (Lipinski definition) is 4. The highest BCUT2D eigenvalue weighted by atomic mass is 19.1. The van der Waals surface area contributed by atoms with Gasteiger partial charge in [0, 0.05) is 24.3 Å². The molecule has 1 unspecified atom stereocenters. The number of nitrogens with one attached hydrogen (secondary N) is 1. The number of halogens is 1. The van der Waals surface area contributed by atoms with E-state index in [0.717, 1.165) is 48.3 Å². The Bertz CT molecular complexity index is 1140. The third kappa shape index (κ3) is 6.27. The number of ether oxygens (including phenoxy) is 1. The maximum atomic E-state index is 13.7. The number of hydrogen-bond donors (Lipinski definition) is 1. The molecule has 0 saturated carbocycles. The summed E-state index contributed by atoms with van der Waals surface area (Å²) in [6, 6.07) is 20.9. The molecule has 0 radical (unpaired) electrons. The number of carbonyl (C=O) groups excluding carboxylic acids is 2. The van der Waals surface area contributed by atoms with Gasteiger partial charge in [0.1, 0.15) is 5.82 Å². The van der Waals surface area contributed by atoms with E-state index in [1.807, 2.05) is 18.2 Å². The van der Waals surface area contributed by atoms with E-state index in [0.29, 0.717) is 12.2 Å². The van der Waals surface area contributed by atoms with E-state index in [4.69, 9.17) is 4.74 Å². The maximum absolute atomic E-state index is 13.7. The molecule has 3 aromatic carbocycles. The predicted octanol–water partition coefficient (Wildman–Crippen LogP) is 5.44. The Morgan fingerprint density at radius 1 is 0.943 bits per heavy atom. The van der Waals surface area contributed by atoms with E-state index < -0.39 is 6.04 Å². The smallest absolute Gasteiger partial charge is 0.338 e. The number of para-hydroxylation sites is 1. The van der Waals surface area contributed by atoms with Crippen molar-refractivity contribution in [2.24, 2.45) is 0 Å². The van der Waals surface area contributed by atoms with Crippen LogP contribution in [0.15, 0.2) is 72.8 Å². The molecule has 1 atom stereocenters. The van der Waals surface area contributed by atoms with Gasteiger partial charge in [-0.2, -0.15) is 0 Å². The second kappa shape index (κ2) is 11.6. The summed E-state index contributed by atoms with van der Waals surface area (Å²) < 4.78 is 18.7. The van der Waals surface area contributed by atoms with Crippen LogP contribution in [0, 0.1) is 5.82 Å². The molecule has 0 spiro atoms. The lowest BCUT2D eigenvalue weighted by molar-refractivity contribution is -0.120. The second-order valence-corrected chi connectivity index (χ2v) is 8.75. The average molecular weight is 475 g/mol. The molecule has 5 nitrogen and oxygen atoms in total. The highest BCUT2D eigenvalue weighted by Gasteiger charge is 2.23. The van der Waals surface area contributed by atoms with Crippen molar-refractivity contribution in [3.05, 3.63) is 101 Å². The molecule has 1 amide bonds. The average Bonchev–Trinajstić information content (AvgIpc) is 2.89. The highest BCUT2D eigenvalue weighted by molar-refractivity contribution is 5.89. The molecule has 1 heterocycles. The standard InChI is InChI=1S/C29H31FN2O3/c1-2-35-29(34)23-12-10-21(11-13-23)20-27(33)31-28(22-14-16-24(30)17-15-22)25-8-4-5-9-26(25)32-18-6-3-7-19-32/h4-5,8-17,28H,2-3,6-7,18-20H2,1H3,(H,31,33). The Labute approximate surface area is 205 Å². The second-order valence-electron chi connectivity index (χ2n) is 8.75. The normalized spacial score (nSPS) is 14.3. The molecule has 1 aliphatic rings. The topological polar surface area (TPSA) is 58.6 Å². The van der Waals surface area contributed by atoms with Crippen molar-refractivity contribution in [2.75, 3.05) is 24.6 Å². The van der Waals surface area contributed by atoms with Gasteiger partial charge in [-0.1, -0.05) is 42.5 Å². The molecule has 182 valence electrons. The summed E-state index contributed by atoms with van der Waals surface area (Å²) in [5.41, 5.74) is 4.16. The summed E-state index contributed by atoms with van der Waals surface area (Å²) in [6.45, 7) is 4.03. The first kappa shape index (κ1) is 24.5. The lowest BCUT2D eigenvalue weighted by Crippen LogP contribution is -2.34. The fourth-order valence-corrected chi connectivity index (χ4v) is 4.52. The minimum atomic E-state index is -0.417. The first-order valence-electron chi connectivity index (χ1n) is 12.2. The van der Waals surface area contributed by atoms with E-state index >= 15 is 0 Å². The van der Waals surface area contributed by atoms with E-state index in [-0.39, 0.29) is 24.1 Å². The molecule has 3 aromatic rings. The SMILES string of the molecule is CCOC(=O)c1ccc(CC(=O)NC(c2ccc(F)cc2)c2ccccc2N2CCCCC2)cc1. The van der Waals surface area contributed by atoms with Crippen LogP contribution in [0.25, 0.3) is 0 Å². The lowest BCUT2D eigenvalue weighted by atomic mass is 9.95. The molecule has 1 saturated heterocycles. The van der Waals surface area contributed by atoms with Gasteiger partial charge in [-0.3, -0.25) is 4.79 Å². The van der Waals surface area contributed by atoms with Crippen molar-refractivity contribution in [3.63, 3.8) is 0 Å². The number of esters is 1. The van der Waals surface area contributed by atoms with Gasteiger partial charge < -0.3 is 15.0 Å². The van der Waals surface area contributed by atoms with Gasteiger partial charge in [-0.25, -0.2) is 9.18 Å². The van der Waals surface area contributed by atoms with Crippen LogP contribution in [0.4, 0.5) is 10.1 Å². The van der Waals surface area contributed by atoms with E-state index in [2.05, 4.69) is 16.3 Å². The van der Waals surface area contributed by atoms with Crippen LogP contribution in [0.1, 0.15) is 59.3 Å². The number of piperidine rings is 1. The number of carbonyl (C=O) groups is 2. The van der Waals surface area contributed by atoms with Crippen LogP contribution >= 0.6 is 0 Å². The van der Waals surface area contributed by atoms with Gasteiger partial charge in [0.25, 0.3) is 0 Å². The van der Waals surface area contributed by atoms with Gasteiger partial charge in [-0.05, 0) is 67.6 Å². The Morgan fingerprint density at radius 2 is 1.63 bits per heavy atom. The Hall–Kier alpha value is -3.67. The fourth-order valence-electron chi connectivity index (χ4n) is 4.52. The summed E-state index contributed by atoms with van der Waals surface area (Å²) in [5.74, 6) is -0.851. The van der Waals surface area contributed by atoms with Crippen molar-refractivity contribution in [1.29, 1.82) is 0 Å². The highest BCUT2D eigenvalue weighted by Crippen LogP contribution is 2.32. The molecule has 1 fully saturated rings. The number of rotatable bonds is 8. The zero-order chi connectivity index (χ0) is 24.6. The quantitative estimate of drug-likeness (QED) is 0.442. The Kier molecular flexibility index (Phi) is 8.14. The van der Waals surface area contributed by atoms with E-state index in [1.54, 1.807) is 43.3 Å². The fraction of sp³-hybridized carbons (Fsp3) is 0.310. The predicted molar refractivity (Wildman–Crippen MR) is 135 cm³/mol. The summed E-state index contributed by atoms with van der Waals surface area (Å²) in [5, 5.41) is 3.18. The van der Waals surface area contributed by atoms with Crippen molar-refractivity contribution in [3.8, 4) is 0 Å². The summed E-state index contributed by atoms with van der Waals surface area (Å²) in [7, 11) is 0. The van der Waals surface area contributed by atoms with Gasteiger partial charge in [0.15, 0.2) is 0 Å². The third-order valence-corrected chi connectivity index (χ3v) is 6.28. The lowest BCUT2D eigenvalue weighted by Gasteiger charge is -2.33. The van der Waals surface area contributed by atoms with Crippen molar-refractivity contribution < 1.29 is 18.7 Å². The maximum Gasteiger partial charge on any atom is 0.338 e. The molecule has 0 aliphatic carbocycles. The van der Waals surface area contributed by atoms with Crippen LogP contribution in [0.3, 0.4) is 0 Å². The van der Waals surface area contributed by atoms with Crippen LogP contribution in [0.5, 0.6) is 0 Å². The largest absolute Gasteiger partial charge is 0.462 e. The molecule has 1 N–H and O–H groups in total. The summed E-state index contributed by atoms with van der Waals surface area (Å²) in [6.07, 6.45) is 3.67. The number of anilines is 1. The summed E-state index contributed by atoms with van der Waals surface area (Å²) >= 11 is 0. The first-order chi connectivity index (χ1) is 17.0. The minimum Gasteiger partial charge on any atom is -0.462 e. The Balaban J connectivity index is 1.57. The molecule has 0 bridgehead atoms. The summed E-state index contributed by atoms with van der Waals surface area (Å²) in [4.78, 5) is 27.4. The monoisotopic (exact) mass is 474 g/mol.